The molecule has 2 N–H and O–H groups in total. The molecular formula is C21H23BrN2O2. The Morgan fingerprint density at radius 3 is 2.81 bits per heavy atom. The average Bonchev–Trinajstić information content (AvgIpc) is 2.65. The predicted molar refractivity (Wildman–Crippen MR) is 108 cm³/mol. The van der Waals surface area contributed by atoms with E-state index in [1.807, 2.05) is 30.3 Å². The van der Waals surface area contributed by atoms with Crippen LogP contribution >= 0.6 is 15.9 Å². The summed E-state index contributed by atoms with van der Waals surface area (Å²) in [5, 5.41) is 0. The summed E-state index contributed by atoms with van der Waals surface area (Å²) in [7, 11) is 0. The van der Waals surface area contributed by atoms with Crippen LogP contribution in [-0.4, -0.2) is 12.5 Å². The number of amides is 1. The Morgan fingerprint density at radius 2 is 2.04 bits per heavy atom. The number of carbonyl (C=O) groups is 1. The van der Waals surface area contributed by atoms with E-state index in [2.05, 4.69) is 58.8 Å². The molecule has 2 aromatic carbocycles. The van der Waals surface area contributed by atoms with Gasteiger partial charge < -0.3 is 4.74 Å². The molecule has 1 aliphatic carbocycles. The lowest BCUT2D eigenvalue weighted by Crippen LogP contribution is -2.39. The number of allylic oxidation sites excluding steroid dienone is 1. The van der Waals surface area contributed by atoms with Gasteiger partial charge in [0.15, 0.2) is 6.61 Å². The van der Waals surface area contributed by atoms with Gasteiger partial charge in [0.2, 0.25) is 0 Å². The summed E-state index contributed by atoms with van der Waals surface area (Å²) in [5.41, 5.74) is 10.3. The number of carbonyl (C=O) groups excluding carboxylic acids is 1. The lowest BCUT2D eigenvalue weighted by Gasteiger charge is -2.19. The number of halogens is 1. The van der Waals surface area contributed by atoms with E-state index in [4.69, 9.17) is 4.74 Å². The van der Waals surface area contributed by atoms with Crippen molar-refractivity contribution < 1.29 is 9.53 Å². The maximum atomic E-state index is 12.1. The van der Waals surface area contributed by atoms with Gasteiger partial charge in [-0.3, -0.25) is 15.6 Å². The van der Waals surface area contributed by atoms with Crippen LogP contribution in [0.3, 0.4) is 0 Å². The van der Waals surface area contributed by atoms with Gasteiger partial charge in [0, 0.05) is 5.56 Å². The van der Waals surface area contributed by atoms with Crippen LogP contribution < -0.4 is 15.6 Å². The number of hydrazine groups is 1. The second-order valence-electron chi connectivity index (χ2n) is 6.62. The van der Waals surface area contributed by atoms with Gasteiger partial charge in [-0.15, -0.1) is 0 Å². The Bertz CT molecular complexity index is 831. The van der Waals surface area contributed by atoms with Gasteiger partial charge in [0.05, 0.1) is 10.2 Å². The highest BCUT2D eigenvalue weighted by molar-refractivity contribution is 9.10. The van der Waals surface area contributed by atoms with Gasteiger partial charge in [-0.2, -0.15) is 0 Å². The first kappa shape index (κ1) is 18.5. The fourth-order valence-electron chi connectivity index (χ4n) is 2.91. The van der Waals surface area contributed by atoms with Gasteiger partial charge in [-0.05, 0) is 57.9 Å². The number of benzene rings is 2. The molecule has 0 unspecified atom stereocenters. The highest BCUT2D eigenvalue weighted by atomic mass is 79.9. The Kier molecular flexibility index (Phi) is 5.99. The zero-order chi connectivity index (χ0) is 18.5. The van der Waals surface area contributed by atoms with Gasteiger partial charge in [-0.25, -0.2) is 0 Å². The van der Waals surface area contributed by atoms with Crippen LogP contribution in [0, 0.1) is 0 Å². The summed E-state index contributed by atoms with van der Waals surface area (Å²) >= 11 is 3.50. The van der Waals surface area contributed by atoms with Crippen molar-refractivity contribution in [3.05, 3.63) is 69.7 Å². The van der Waals surface area contributed by atoms with E-state index in [0.717, 1.165) is 28.6 Å². The Balaban J connectivity index is 1.53. The van der Waals surface area contributed by atoms with E-state index in [9.17, 15) is 4.79 Å². The molecule has 3 rings (SSSR count). The smallest absolute Gasteiger partial charge is 0.276 e. The van der Waals surface area contributed by atoms with Crippen LogP contribution in [0.2, 0.25) is 0 Å². The van der Waals surface area contributed by atoms with Crippen molar-refractivity contribution in [3.8, 4) is 5.75 Å². The number of rotatable bonds is 6. The van der Waals surface area contributed by atoms with Gasteiger partial charge in [0.25, 0.3) is 5.91 Å². The fraction of sp³-hybridized carbons (Fsp3) is 0.286. The molecule has 136 valence electrons. The molecule has 0 radical (unpaired) electrons. The van der Waals surface area contributed by atoms with Crippen LogP contribution in [0.15, 0.2) is 53.0 Å². The summed E-state index contributed by atoms with van der Waals surface area (Å²) in [5.74, 6) is 0.875. The Hall–Kier alpha value is -2.27. The number of hydrogen-bond donors (Lipinski definition) is 2. The molecular weight excluding hydrogens is 392 g/mol. The quantitative estimate of drug-likeness (QED) is 0.681. The monoisotopic (exact) mass is 414 g/mol. The summed E-state index contributed by atoms with van der Waals surface area (Å²) < 4.78 is 6.48. The van der Waals surface area contributed by atoms with E-state index in [0.29, 0.717) is 11.7 Å². The van der Waals surface area contributed by atoms with Gasteiger partial charge >= 0.3 is 0 Å². The molecule has 0 atom stereocenters. The largest absolute Gasteiger partial charge is 0.483 e. The summed E-state index contributed by atoms with van der Waals surface area (Å²) in [6.45, 7) is 4.22. The van der Waals surface area contributed by atoms with Crippen molar-refractivity contribution in [1.29, 1.82) is 0 Å². The highest BCUT2D eigenvalue weighted by Crippen LogP contribution is 2.29. The van der Waals surface area contributed by atoms with Crippen LogP contribution in [0.4, 0.5) is 0 Å². The summed E-state index contributed by atoms with van der Waals surface area (Å²) in [6.07, 6.45) is 4.09. The molecule has 4 nitrogen and oxygen atoms in total. The third-order valence-corrected chi connectivity index (χ3v) is 5.01. The average molecular weight is 415 g/mol. The van der Waals surface area contributed by atoms with Crippen molar-refractivity contribution in [3.63, 3.8) is 0 Å². The maximum absolute atomic E-state index is 12.1. The molecule has 26 heavy (non-hydrogen) atoms. The Labute approximate surface area is 162 Å². The SMILES string of the molecule is CC(C)c1ccc(OCC(=O)NNC2=CCCc3ccccc32)c(Br)c1. The minimum absolute atomic E-state index is 0.0540. The van der Waals surface area contributed by atoms with Crippen LogP contribution in [0.25, 0.3) is 5.70 Å². The third-order valence-electron chi connectivity index (χ3n) is 4.39. The number of aryl methyl sites for hydroxylation is 1. The summed E-state index contributed by atoms with van der Waals surface area (Å²) in [6, 6.07) is 14.2. The lowest BCUT2D eigenvalue weighted by molar-refractivity contribution is -0.123. The van der Waals surface area contributed by atoms with E-state index in [1.54, 1.807) is 0 Å². The van der Waals surface area contributed by atoms with E-state index in [-0.39, 0.29) is 12.5 Å². The first-order valence-electron chi connectivity index (χ1n) is 8.80. The molecule has 0 heterocycles. The second-order valence-corrected chi connectivity index (χ2v) is 7.47. The van der Waals surface area contributed by atoms with Crippen molar-refractivity contribution >= 4 is 27.5 Å². The zero-order valence-electron chi connectivity index (χ0n) is 15.0. The van der Waals surface area contributed by atoms with Crippen molar-refractivity contribution in [1.82, 2.24) is 10.9 Å². The lowest BCUT2D eigenvalue weighted by atomic mass is 9.95. The number of fused-ring (bicyclic) bond motifs is 1. The zero-order valence-corrected chi connectivity index (χ0v) is 16.6. The maximum Gasteiger partial charge on any atom is 0.276 e. The minimum atomic E-state index is -0.228. The van der Waals surface area contributed by atoms with Gasteiger partial charge in [0.1, 0.15) is 5.75 Å². The van der Waals surface area contributed by atoms with Crippen LogP contribution in [0.1, 0.15) is 42.9 Å². The molecule has 0 bridgehead atoms. The second kappa shape index (κ2) is 8.41. The molecule has 0 fully saturated rings. The highest BCUT2D eigenvalue weighted by Gasteiger charge is 2.13. The number of nitrogens with one attached hydrogen (secondary N) is 2. The topological polar surface area (TPSA) is 50.4 Å². The van der Waals surface area contributed by atoms with E-state index >= 15 is 0 Å². The minimum Gasteiger partial charge on any atom is -0.483 e. The molecule has 0 aromatic heterocycles. The predicted octanol–water partition coefficient (Wildman–Crippen LogP) is 4.56. The number of ether oxygens (including phenoxy) is 1. The van der Waals surface area contributed by atoms with Gasteiger partial charge in [-0.1, -0.05) is 50.3 Å². The standard InChI is InChI=1S/C21H23BrN2O2/c1-14(2)16-10-11-20(18(22)12-16)26-13-21(25)24-23-19-9-5-7-15-6-3-4-8-17(15)19/h3-4,6,8-12,14,23H,5,7,13H2,1-2H3,(H,24,25). The van der Waals surface area contributed by atoms with Crippen LogP contribution in [0.5, 0.6) is 5.75 Å². The van der Waals surface area contributed by atoms with E-state index < -0.39 is 0 Å². The molecule has 0 saturated carbocycles. The molecule has 1 amide bonds. The third kappa shape index (κ3) is 4.47. The summed E-state index contributed by atoms with van der Waals surface area (Å²) in [4.78, 5) is 12.1. The van der Waals surface area contributed by atoms with E-state index in [1.165, 1.54) is 11.1 Å². The first-order valence-corrected chi connectivity index (χ1v) is 9.59. The number of hydrogen-bond acceptors (Lipinski definition) is 3. The molecule has 2 aromatic rings. The molecule has 5 heteroatoms. The first-order chi connectivity index (χ1) is 12.5. The molecule has 0 aliphatic heterocycles. The molecule has 0 spiro atoms. The van der Waals surface area contributed by atoms with Crippen LogP contribution in [-0.2, 0) is 11.2 Å². The fourth-order valence-corrected chi connectivity index (χ4v) is 3.42. The Morgan fingerprint density at radius 1 is 1.23 bits per heavy atom. The van der Waals surface area contributed by atoms with Crippen molar-refractivity contribution in [2.75, 3.05) is 6.61 Å². The van der Waals surface area contributed by atoms with Crippen molar-refractivity contribution in [2.24, 2.45) is 0 Å². The van der Waals surface area contributed by atoms with Crippen molar-refractivity contribution in [2.45, 2.75) is 32.6 Å². The normalized spacial score (nSPS) is 13.0. The molecule has 0 saturated heterocycles. The molecule has 1 aliphatic rings.